The van der Waals surface area contributed by atoms with E-state index in [2.05, 4.69) is 63.3 Å². The van der Waals surface area contributed by atoms with Gasteiger partial charge in [0.15, 0.2) is 0 Å². The second-order valence-corrected chi connectivity index (χ2v) is 7.18. The highest BCUT2D eigenvalue weighted by atomic mass is 32.2. The lowest BCUT2D eigenvalue weighted by Gasteiger charge is -2.21. The highest BCUT2D eigenvalue weighted by Gasteiger charge is 2.11. The SMILES string of the molecule is CC(C)CC(CCSc1ccccc1)CNC(C)C. The molecule has 2 heteroatoms. The van der Waals surface area contributed by atoms with E-state index in [1.165, 1.54) is 23.5 Å². The van der Waals surface area contributed by atoms with Crippen LogP contribution in [0.15, 0.2) is 35.2 Å². The minimum Gasteiger partial charge on any atom is -0.314 e. The molecule has 1 aromatic carbocycles. The lowest BCUT2D eigenvalue weighted by atomic mass is 9.94. The highest BCUT2D eigenvalue weighted by molar-refractivity contribution is 7.99. The van der Waals surface area contributed by atoms with Crippen molar-refractivity contribution >= 4 is 11.8 Å². The van der Waals surface area contributed by atoms with E-state index in [-0.39, 0.29) is 0 Å². The summed E-state index contributed by atoms with van der Waals surface area (Å²) in [4.78, 5) is 1.39. The first kappa shape index (κ1) is 16.6. The van der Waals surface area contributed by atoms with Crippen molar-refractivity contribution in [3.8, 4) is 0 Å². The van der Waals surface area contributed by atoms with Crippen molar-refractivity contribution in [1.82, 2.24) is 5.32 Å². The van der Waals surface area contributed by atoms with Gasteiger partial charge in [-0.3, -0.25) is 0 Å². The third kappa shape index (κ3) is 8.33. The summed E-state index contributed by atoms with van der Waals surface area (Å²) in [5, 5.41) is 3.59. The van der Waals surface area contributed by atoms with E-state index in [1.54, 1.807) is 0 Å². The van der Waals surface area contributed by atoms with Gasteiger partial charge >= 0.3 is 0 Å². The van der Waals surface area contributed by atoms with Gasteiger partial charge in [-0.05, 0) is 49.1 Å². The number of benzene rings is 1. The maximum Gasteiger partial charge on any atom is 0.00719 e. The summed E-state index contributed by atoms with van der Waals surface area (Å²) in [7, 11) is 0. The summed E-state index contributed by atoms with van der Waals surface area (Å²) in [5.41, 5.74) is 0. The van der Waals surface area contributed by atoms with E-state index in [1.807, 2.05) is 11.8 Å². The third-order valence-corrected chi connectivity index (χ3v) is 4.20. The number of rotatable bonds is 9. The predicted octanol–water partition coefficient (Wildman–Crippen LogP) is 4.83. The maximum absolute atomic E-state index is 3.59. The van der Waals surface area contributed by atoms with Crippen molar-refractivity contribution in [3.63, 3.8) is 0 Å². The Kier molecular flexibility index (Phi) is 8.24. The van der Waals surface area contributed by atoms with Gasteiger partial charge in [0.05, 0.1) is 0 Å². The Morgan fingerprint density at radius 1 is 1.05 bits per heavy atom. The zero-order chi connectivity index (χ0) is 14.1. The van der Waals surface area contributed by atoms with Gasteiger partial charge in [-0.2, -0.15) is 0 Å². The molecular weight excluding hydrogens is 250 g/mol. The summed E-state index contributed by atoms with van der Waals surface area (Å²) in [5.74, 6) is 2.82. The molecule has 1 N–H and O–H groups in total. The van der Waals surface area contributed by atoms with E-state index < -0.39 is 0 Å². The molecule has 0 spiro atoms. The van der Waals surface area contributed by atoms with Gasteiger partial charge < -0.3 is 5.32 Å². The van der Waals surface area contributed by atoms with Gasteiger partial charge in [-0.25, -0.2) is 0 Å². The normalized spacial score (nSPS) is 13.2. The van der Waals surface area contributed by atoms with Gasteiger partial charge in [-0.1, -0.05) is 45.9 Å². The van der Waals surface area contributed by atoms with Crippen molar-refractivity contribution in [2.45, 2.75) is 51.5 Å². The molecule has 1 nitrogen and oxygen atoms in total. The zero-order valence-corrected chi connectivity index (χ0v) is 13.7. The molecule has 0 radical (unpaired) electrons. The minimum absolute atomic E-state index is 0.594. The fourth-order valence-corrected chi connectivity index (χ4v) is 3.27. The van der Waals surface area contributed by atoms with Crippen LogP contribution in [0.25, 0.3) is 0 Å². The van der Waals surface area contributed by atoms with Gasteiger partial charge in [0.2, 0.25) is 0 Å². The standard InChI is InChI=1S/C17H29NS/c1-14(2)12-16(13-18-15(3)4)10-11-19-17-8-6-5-7-9-17/h5-9,14-16,18H,10-13H2,1-4H3. The number of hydrogen-bond donors (Lipinski definition) is 1. The molecule has 0 aliphatic rings. The molecule has 108 valence electrons. The molecule has 1 unspecified atom stereocenters. The van der Waals surface area contributed by atoms with Crippen LogP contribution in [0.4, 0.5) is 0 Å². The Bertz CT molecular complexity index is 321. The second-order valence-electron chi connectivity index (χ2n) is 6.01. The number of hydrogen-bond acceptors (Lipinski definition) is 2. The summed E-state index contributed by atoms with van der Waals surface area (Å²) in [6.07, 6.45) is 2.63. The fraction of sp³-hybridized carbons (Fsp3) is 0.647. The Balaban J connectivity index is 2.31. The van der Waals surface area contributed by atoms with Gasteiger partial charge in [0, 0.05) is 10.9 Å². The minimum atomic E-state index is 0.594. The molecule has 19 heavy (non-hydrogen) atoms. The van der Waals surface area contributed by atoms with Crippen molar-refractivity contribution in [2.24, 2.45) is 11.8 Å². The van der Waals surface area contributed by atoms with Crippen LogP contribution in [0.1, 0.15) is 40.5 Å². The first-order chi connectivity index (χ1) is 9.08. The lowest BCUT2D eigenvalue weighted by Crippen LogP contribution is -2.30. The average Bonchev–Trinajstić information content (AvgIpc) is 2.36. The summed E-state index contributed by atoms with van der Waals surface area (Å²) < 4.78 is 0. The van der Waals surface area contributed by atoms with Crippen LogP contribution in [0.3, 0.4) is 0 Å². The second kappa shape index (κ2) is 9.44. The summed E-state index contributed by atoms with van der Waals surface area (Å²) in [6, 6.07) is 11.3. The molecule has 0 amide bonds. The van der Waals surface area contributed by atoms with Crippen LogP contribution < -0.4 is 5.32 Å². The highest BCUT2D eigenvalue weighted by Crippen LogP contribution is 2.22. The molecule has 0 aliphatic carbocycles. The summed E-state index contributed by atoms with van der Waals surface area (Å²) in [6.45, 7) is 10.3. The molecular formula is C17H29NS. The van der Waals surface area contributed by atoms with E-state index in [0.717, 1.165) is 18.4 Å². The van der Waals surface area contributed by atoms with Crippen LogP contribution in [-0.2, 0) is 0 Å². The molecule has 0 aliphatic heterocycles. The largest absolute Gasteiger partial charge is 0.314 e. The molecule has 0 bridgehead atoms. The monoisotopic (exact) mass is 279 g/mol. The van der Waals surface area contributed by atoms with E-state index in [9.17, 15) is 0 Å². The average molecular weight is 279 g/mol. The van der Waals surface area contributed by atoms with Crippen LogP contribution in [0.5, 0.6) is 0 Å². The molecule has 1 atom stereocenters. The van der Waals surface area contributed by atoms with Gasteiger partial charge in [-0.15, -0.1) is 11.8 Å². The Morgan fingerprint density at radius 2 is 1.74 bits per heavy atom. The Morgan fingerprint density at radius 3 is 2.32 bits per heavy atom. The molecule has 1 aromatic rings. The van der Waals surface area contributed by atoms with Crippen LogP contribution >= 0.6 is 11.8 Å². The van der Waals surface area contributed by atoms with E-state index in [4.69, 9.17) is 0 Å². The van der Waals surface area contributed by atoms with Crippen LogP contribution in [-0.4, -0.2) is 18.3 Å². The Hall–Kier alpha value is -0.470. The van der Waals surface area contributed by atoms with Crippen molar-refractivity contribution < 1.29 is 0 Å². The molecule has 0 fully saturated rings. The van der Waals surface area contributed by atoms with Crippen LogP contribution in [0.2, 0.25) is 0 Å². The van der Waals surface area contributed by atoms with Crippen molar-refractivity contribution in [3.05, 3.63) is 30.3 Å². The first-order valence-corrected chi connectivity index (χ1v) is 8.47. The fourth-order valence-electron chi connectivity index (χ4n) is 2.23. The molecule has 0 aromatic heterocycles. The predicted molar refractivity (Wildman–Crippen MR) is 87.9 cm³/mol. The van der Waals surface area contributed by atoms with Gasteiger partial charge in [0.25, 0.3) is 0 Å². The van der Waals surface area contributed by atoms with E-state index in [0.29, 0.717) is 6.04 Å². The molecule has 1 rings (SSSR count). The third-order valence-electron chi connectivity index (χ3n) is 3.16. The molecule has 0 saturated carbocycles. The number of thioether (sulfide) groups is 1. The molecule has 0 saturated heterocycles. The van der Waals surface area contributed by atoms with Crippen LogP contribution in [0, 0.1) is 11.8 Å². The maximum atomic E-state index is 3.59. The lowest BCUT2D eigenvalue weighted by molar-refractivity contribution is 0.368. The van der Waals surface area contributed by atoms with Crippen molar-refractivity contribution in [1.29, 1.82) is 0 Å². The number of nitrogens with one attached hydrogen (secondary N) is 1. The smallest absolute Gasteiger partial charge is 0.00719 e. The van der Waals surface area contributed by atoms with Crippen molar-refractivity contribution in [2.75, 3.05) is 12.3 Å². The first-order valence-electron chi connectivity index (χ1n) is 7.49. The summed E-state index contributed by atoms with van der Waals surface area (Å²) >= 11 is 1.98. The quantitative estimate of drug-likeness (QED) is 0.650. The Labute approximate surface area is 123 Å². The zero-order valence-electron chi connectivity index (χ0n) is 12.9. The molecule has 0 heterocycles. The van der Waals surface area contributed by atoms with E-state index >= 15 is 0 Å². The topological polar surface area (TPSA) is 12.0 Å². The van der Waals surface area contributed by atoms with Gasteiger partial charge in [0.1, 0.15) is 0 Å².